The molecule has 2 rings (SSSR count). The molecule has 1 aliphatic rings. The van der Waals surface area contributed by atoms with Gasteiger partial charge in [-0.3, -0.25) is 9.69 Å². The second-order valence-corrected chi connectivity index (χ2v) is 5.78. The fraction of sp³-hybridized carbons (Fsp3) is 0.429. The molecule has 0 atom stereocenters. The molecule has 20 heavy (non-hydrogen) atoms. The fourth-order valence-corrected chi connectivity index (χ4v) is 3.01. The van der Waals surface area contributed by atoms with Crippen molar-refractivity contribution in [3.8, 4) is 0 Å². The van der Waals surface area contributed by atoms with Gasteiger partial charge in [-0.15, -0.1) is 0 Å². The summed E-state index contributed by atoms with van der Waals surface area (Å²) in [6, 6.07) is 8.74. The van der Waals surface area contributed by atoms with Crippen LogP contribution in [0.25, 0.3) is 0 Å². The Kier molecular flexibility index (Phi) is 5.29. The summed E-state index contributed by atoms with van der Waals surface area (Å²) in [5.41, 5.74) is 0.622. The molecule has 2 amide bonds. The van der Waals surface area contributed by atoms with Gasteiger partial charge in [0.2, 0.25) is 0 Å². The molecule has 0 spiro atoms. The average Bonchev–Trinajstić information content (AvgIpc) is 2.74. The third kappa shape index (κ3) is 3.90. The summed E-state index contributed by atoms with van der Waals surface area (Å²) >= 11 is 1.83. The lowest BCUT2D eigenvalue weighted by Gasteiger charge is -2.28. The molecule has 1 aliphatic heterocycles. The summed E-state index contributed by atoms with van der Waals surface area (Å²) in [6.07, 6.45) is 0.951. The number of hydrogen-bond acceptors (Lipinski definition) is 3. The van der Waals surface area contributed by atoms with Gasteiger partial charge < -0.3 is 10.0 Å². The molecule has 6 heteroatoms. The minimum absolute atomic E-state index is 0.221. The Balaban J connectivity index is 2.17. The first-order valence-corrected chi connectivity index (χ1v) is 7.75. The third-order valence-corrected chi connectivity index (χ3v) is 4.13. The Morgan fingerprint density at radius 1 is 1.20 bits per heavy atom. The Labute approximate surface area is 122 Å². The maximum Gasteiger partial charge on any atom is 0.325 e. The molecule has 108 valence electrons. The molecule has 1 fully saturated rings. The number of benzene rings is 1. The van der Waals surface area contributed by atoms with Gasteiger partial charge >= 0.3 is 12.0 Å². The molecule has 1 aromatic carbocycles. The number of hydrogen-bond donors (Lipinski definition) is 1. The van der Waals surface area contributed by atoms with E-state index in [1.54, 1.807) is 29.2 Å². The number of nitrogens with zero attached hydrogens (tertiary/aromatic N) is 2. The number of aliphatic carboxylic acids is 1. The van der Waals surface area contributed by atoms with Crippen LogP contribution in [-0.2, 0) is 4.79 Å². The molecular formula is C14H18N2O3S. The third-order valence-electron chi connectivity index (χ3n) is 3.08. The highest BCUT2D eigenvalue weighted by atomic mass is 32.2. The second-order valence-electron chi connectivity index (χ2n) is 4.55. The van der Waals surface area contributed by atoms with Crippen LogP contribution in [0.2, 0.25) is 0 Å². The van der Waals surface area contributed by atoms with E-state index in [2.05, 4.69) is 0 Å². The molecule has 0 saturated carbocycles. The quantitative estimate of drug-likeness (QED) is 0.928. The van der Waals surface area contributed by atoms with Crippen LogP contribution in [0.1, 0.15) is 6.42 Å². The van der Waals surface area contributed by atoms with E-state index in [9.17, 15) is 9.59 Å². The monoisotopic (exact) mass is 294 g/mol. The summed E-state index contributed by atoms with van der Waals surface area (Å²) in [5, 5.41) is 9.03. The zero-order chi connectivity index (χ0) is 14.4. The molecule has 0 aromatic heterocycles. The van der Waals surface area contributed by atoms with Crippen molar-refractivity contribution in [1.29, 1.82) is 0 Å². The first-order valence-electron chi connectivity index (χ1n) is 6.59. The average molecular weight is 294 g/mol. The van der Waals surface area contributed by atoms with Gasteiger partial charge in [0.1, 0.15) is 6.54 Å². The fourth-order valence-electron chi connectivity index (χ4n) is 2.12. The molecule has 0 aliphatic carbocycles. The Morgan fingerprint density at radius 3 is 2.65 bits per heavy atom. The number of thioether (sulfide) groups is 1. The SMILES string of the molecule is O=C(O)CN(C(=O)N1CCCSCC1)c1ccccc1. The van der Waals surface area contributed by atoms with Crippen LogP contribution in [0.15, 0.2) is 30.3 Å². The van der Waals surface area contributed by atoms with E-state index >= 15 is 0 Å². The van der Waals surface area contributed by atoms with Crippen LogP contribution in [0.3, 0.4) is 0 Å². The molecule has 1 heterocycles. The number of carbonyl (C=O) groups is 2. The number of para-hydroxylation sites is 1. The summed E-state index contributed by atoms with van der Waals surface area (Å²) in [4.78, 5) is 26.7. The van der Waals surface area contributed by atoms with Crippen molar-refractivity contribution in [2.24, 2.45) is 0 Å². The van der Waals surface area contributed by atoms with Gasteiger partial charge in [-0.25, -0.2) is 4.79 Å². The van der Waals surface area contributed by atoms with Gasteiger partial charge in [0, 0.05) is 24.5 Å². The van der Waals surface area contributed by atoms with Gasteiger partial charge in [-0.2, -0.15) is 11.8 Å². The molecule has 1 saturated heterocycles. The van der Waals surface area contributed by atoms with Gasteiger partial charge in [0.25, 0.3) is 0 Å². The molecule has 0 unspecified atom stereocenters. The number of carbonyl (C=O) groups excluding carboxylic acids is 1. The smallest absolute Gasteiger partial charge is 0.325 e. The van der Waals surface area contributed by atoms with Crippen LogP contribution >= 0.6 is 11.8 Å². The van der Waals surface area contributed by atoms with Crippen LogP contribution < -0.4 is 4.90 Å². The normalized spacial score (nSPS) is 15.5. The largest absolute Gasteiger partial charge is 0.480 e. The minimum Gasteiger partial charge on any atom is -0.480 e. The van der Waals surface area contributed by atoms with E-state index in [4.69, 9.17) is 5.11 Å². The highest BCUT2D eigenvalue weighted by Crippen LogP contribution is 2.18. The molecule has 1 N–H and O–H groups in total. The summed E-state index contributed by atoms with van der Waals surface area (Å²) in [6.45, 7) is 1.05. The van der Waals surface area contributed by atoms with Crippen molar-refractivity contribution in [3.63, 3.8) is 0 Å². The van der Waals surface area contributed by atoms with Crippen LogP contribution in [0.5, 0.6) is 0 Å². The van der Waals surface area contributed by atoms with Crippen LogP contribution in [0, 0.1) is 0 Å². The second kappa shape index (κ2) is 7.19. The standard InChI is InChI=1S/C14H18N2O3S/c17-13(18)11-16(12-5-2-1-3-6-12)14(19)15-7-4-9-20-10-8-15/h1-3,5-6H,4,7-11H2,(H,17,18). The van der Waals surface area contributed by atoms with E-state index in [0.29, 0.717) is 18.8 Å². The zero-order valence-corrected chi connectivity index (χ0v) is 12.0. The molecule has 1 aromatic rings. The van der Waals surface area contributed by atoms with Gasteiger partial charge in [-0.1, -0.05) is 18.2 Å². The number of amides is 2. The maximum atomic E-state index is 12.6. The summed E-state index contributed by atoms with van der Waals surface area (Å²) in [5.74, 6) is 0.946. The Hall–Kier alpha value is -1.69. The summed E-state index contributed by atoms with van der Waals surface area (Å²) < 4.78 is 0. The number of anilines is 1. The topological polar surface area (TPSA) is 60.9 Å². The molecule has 0 bridgehead atoms. The molecular weight excluding hydrogens is 276 g/mol. The number of carboxylic acids is 1. The van der Waals surface area contributed by atoms with Crippen molar-refractivity contribution in [2.75, 3.05) is 36.0 Å². The number of carboxylic acid groups (broad SMARTS) is 1. The predicted molar refractivity (Wildman–Crippen MR) is 80.3 cm³/mol. The lowest BCUT2D eigenvalue weighted by atomic mass is 10.3. The zero-order valence-electron chi connectivity index (χ0n) is 11.2. The lowest BCUT2D eigenvalue weighted by Crippen LogP contribution is -2.46. The number of urea groups is 1. The maximum absolute atomic E-state index is 12.6. The van der Waals surface area contributed by atoms with Crippen molar-refractivity contribution in [3.05, 3.63) is 30.3 Å². The van der Waals surface area contributed by atoms with E-state index in [0.717, 1.165) is 17.9 Å². The molecule has 0 radical (unpaired) electrons. The van der Waals surface area contributed by atoms with Crippen molar-refractivity contribution < 1.29 is 14.7 Å². The van der Waals surface area contributed by atoms with E-state index in [1.165, 1.54) is 4.90 Å². The van der Waals surface area contributed by atoms with E-state index in [1.807, 2.05) is 17.8 Å². The van der Waals surface area contributed by atoms with Crippen molar-refractivity contribution in [2.45, 2.75) is 6.42 Å². The number of rotatable bonds is 3. The van der Waals surface area contributed by atoms with Gasteiger partial charge in [0.15, 0.2) is 0 Å². The first kappa shape index (κ1) is 14.7. The van der Waals surface area contributed by atoms with Gasteiger partial charge in [-0.05, 0) is 24.3 Å². The highest BCUT2D eigenvalue weighted by Gasteiger charge is 2.24. The predicted octanol–water partition coefficient (Wildman–Crippen LogP) is 2.14. The van der Waals surface area contributed by atoms with E-state index < -0.39 is 5.97 Å². The minimum atomic E-state index is -1.01. The van der Waals surface area contributed by atoms with Crippen LogP contribution in [0.4, 0.5) is 10.5 Å². The summed E-state index contributed by atoms with van der Waals surface area (Å²) in [7, 11) is 0. The van der Waals surface area contributed by atoms with Crippen LogP contribution in [-0.4, -0.2) is 53.1 Å². The Morgan fingerprint density at radius 2 is 1.95 bits per heavy atom. The highest BCUT2D eigenvalue weighted by molar-refractivity contribution is 7.99. The molecule has 5 nitrogen and oxygen atoms in total. The first-order chi connectivity index (χ1) is 9.68. The lowest BCUT2D eigenvalue weighted by molar-refractivity contribution is -0.135. The van der Waals surface area contributed by atoms with Gasteiger partial charge in [0.05, 0.1) is 0 Å². The Bertz CT molecular complexity index is 459. The van der Waals surface area contributed by atoms with E-state index in [-0.39, 0.29) is 12.6 Å². The van der Waals surface area contributed by atoms with Crippen molar-refractivity contribution in [1.82, 2.24) is 4.90 Å². The van der Waals surface area contributed by atoms with Crippen molar-refractivity contribution >= 4 is 29.4 Å².